The first-order valence-electron chi connectivity index (χ1n) is 5.04. The minimum absolute atomic E-state index is 0.0296. The van der Waals surface area contributed by atoms with Crippen LogP contribution < -0.4 is 10.5 Å². The molecule has 1 unspecified atom stereocenters. The van der Waals surface area contributed by atoms with E-state index in [0.29, 0.717) is 30.5 Å². The first-order valence-corrected chi connectivity index (χ1v) is 6.16. The number of carbonyl (C=O) groups is 1. The molecule has 0 spiro atoms. The number of halogens is 1. The van der Waals surface area contributed by atoms with E-state index in [4.69, 9.17) is 0 Å². The molecule has 0 saturated carbocycles. The molecule has 6 heteroatoms. The fourth-order valence-electron chi connectivity index (χ4n) is 1.81. The summed E-state index contributed by atoms with van der Waals surface area (Å²) in [5, 5.41) is 0.789. The van der Waals surface area contributed by atoms with Gasteiger partial charge in [0, 0.05) is 24.4 Å². The number of aromatic nitrogens is 2. The van der Waals surface area contributed by atoms with Gasteiger partial charge in [0.15, 0.2) is 0 Å². The number of nitrogens with one attached hydrogen (secondary N) is 1. The van der Waals surface area contributed by atoms with Crippen LogP contribution in [0.1, 0.15) is 12.2 Å². The highest BCUT2D eigenvalue weighted by molar-refractivity contribution is 9.09. The fraction of sp³-hybridized carbons (Fsp3) is 0.500. The largest absolute Gasteiger partial charge is 0.311 e. The predicted molar refractivity (Wildman–Crippen MR) is 63.8 cm³/mol. The number of amides is 1. The van der Waals surface area contributed by atoms with Crippen molar-refractivity contribution in [1.82, 2.24) is 9.97 Å². The lowest BCUT2D eigenvalue weighted by atomic mass is 10.2. The number of hydrogen-bond acceptors (Lipinski definition) is 3. The second-order valence-corrected chi connectivity index (χ2v) is 4.57. The van der Waals surface area contributed by atoms with E-state index >= 15 is 0 Å². The van der Waals surface area contributed by atoms with Gasteiger partial charge in [-0.15, -0.1) is 0 Å². The normalized spacial score (nSPS) is 20.5. The Morgan fingerprint density at radius 2 is 2.38 bits per heavy atom. The van der Waals surface area contributed by atoms with E-state index in [1.165, 1.54) is 6.07 Å². The number of rotatable bonds is 2. The quantitative estimate of drug-likeness (QED) is 0.819. The van der Waals surface area contributed by atoms with E-state index < -0.39 is 0 Å². The second kappa shape index (κ2) is 4.37. The zero-order valence-corrected chi connectivity index (χ0v) is 10.5. The summed E-state index contributed by atoms with van der Waals surface area (Å²) in [5.41, 5.74) is -0.224. The third kappa shape index (κ3) is 2.16. The lowest BCUT2D eigenvalue weighted by molar-refractivity contribution is -0.117. The van der Waals surface area contributed by atoms with Crippen LogP contribution in [0.3, 0.4) is 0 Å². The maximum atomic E-state index is 11.7. The summed E-state index contributed by atoms with van der Waals surface area (Å²) in [7, 11) is 0. The zero-order valence-electron chi connectivity index (χ0n) is 8.86. The molecule has 0 aliphatic carbocycles. The Balaban J connectivity index is 2.31. The monoisotopic (exact) mass is 285 g/mol. The zero-order chi connectivity index (χ0) is 11.7. The maximum absolute atomic E-state index is 11.7. The van der Waals surface area contributed by atoms with Crippen LogP contribution in [0.25, 0.3) is 0 Å². The first-order chi connectivity index (χ1) is 7.60. The Morgan fingerprint density at radius 3 is 2.94 bits per heavy atom. The number of carbonyl (C=O) groups excluding carboxylic acids is 1. The number of anilines is 1. The molecule has 5 nitrogen and oxygen atoms in total. The summed E-state index contributed by atoms with van der Waals surface area (Å²) in [6, 6.07) is 1.36. The molecule has 1 atom stereocenters. The summed E-state index contributed by atoms with van der Waals surface area (Å²) < 4.78 is 0. The van der Waals surface area contributed by atoms with Crippen LogP contribution in [0.4, 0.5) is 5.82 Å². The van der Waals surface area contributed by atoms with E-state index in [1.807, 2.05) is 0 Å². The molecule has 16 heavy (non-hydrogen) atoms. The van der Waals surface area contributed by atoms with Gasteiger partial charge in [0.2, 0.25) is 5.91 Å². The number of nitrogens with zero attached hydrogens (tertiary/aromatic N) is 2. The molecule has 1 aromatic heterocycles. The standard InChI is InChI=1S/C10H12BrN3O2/c1-6-12-8(3-9(15)13-6)14-5-7(4-11)2-10(14)16/h3,7H,2,4-5H2,1H3,(H,12,13,15). The molecule has 0 radical (unpaired) electrons. The van der Waals surface area contributed by atoms with E-state index in [1.54, 1.807) is 11.8 Å². The van der Waals surface area contributed by atoms with E-state index in [2.05, 4.69) is 25.9 Å². The average molecular weight is 286 g/mol. The van der Waals surface area contributed by atoms with Crippen molar-refractivity contribution < 1.29 is 4.79 Å². The molecule has 2 rings (SSSR count). The molecule has 1 saturated heterocycles. The lowest BCUT2D eigenvalue weighted by Crippen LogP contribution is -2.27. The highest BCUT2D eigenvalue weighted by Crippen LogP contribution is 2.23. The third-order valence-corrected chi connectivity index (χ3v) is 3.46. The van der Waals surface area contributed by atoms with E-state index in [0.717, 1.165) is 5.33 Å². The van der Waals surface area contributed by atoms with Gasteiger partial charge in [0.25, 0.3) is 5.56 Å². The Morgan fingerprint density at radius 1 is 1.62 bits per heavy atom. The Kier molecular flexibility index (Phi) is 3.09. The second-order valence-electron chi connectivity index (χ2n) is 3.92. The topological polar surface area (TPSA) is 66.1 Å². The van der Waals surface area contributed by atoms with Gasteiger partial charge in [-0.05, 0) is 12.8 Å². The summed E-state index contributed by atoms with van der Waals surface area (Å²) in [6.45, 7) is 2.33. The van der Waals surface area contributed by atoms with Crippen molar-refractivity contribution in [2.24, 2.45) is 5.92 Å². The van der Waals surface area contributed by atoms with Crippen molar-refractivity contribution in [3.05, 3.63) is 22.2 Å². The molecule has 86 valence electrons. The van der Waals surface area contributed by atoms with Gasteiger partial charge in [-0.3, -0.25) is 14.5 Å². The summed E-state index contributed by atoms with van der Waals surface area (Å²) >= 11 is 3.37. The van der Waals surface area contributed by atoms with Gasteiger partial charge in [-0.1, -0.05) is 15.9 Å². The Bertz CT molecular complexity index is 471. The average Bonchev–Trinajstić information content (AvgIpc) is 2.58. The van der Waals surface area contributed by atoms with Crippen molar-refractivity contribution in [2.75, 3.05) is 16.8 Å². The number of hydrogen-bond donors (Lipinski definition) is 1. The summed E-state index contributed by atoms with van der Waals surface area (Å²) in [4.78, 5) is 31.3. The van der Waals surface area contributed by atoms with Gasteiger partial charge in [0.05, 0.1) is 0 Å². The Hall–Kier alpha value is -1.17. The lowest BCUT2D eigenvalue weighted by Gasteiger charge is -2.14. The summed E-state index contributed by atoms with van der Waals surface area (Å²) in [5.74, 6) is 1.31. The molecular formula is C10H12BrN3O2. The molecule has 2 heterocycles. The van der Waals surface area contributed by atoms with Crippen molar-refractivity contribution in [3.8, 4) is 0 Å². The van der Waals surface area contributed by atoms with Crippen LogP contribution in [0.5, 0.6) is 0 Å². The van der Waals surface area contributed by atoms with Crippen LogP contribution in [-0.2, 0) is 4.79 Å². The van der Waals surface area contributed by atoms with Gasteiger partial charge in [-0.2, -0.15) is 0 Å². The Labute approximate surface area is 101 Å². The fourth-order valence-corrected chi connectivity index (χ4v) is 2.24. The van der Waals surface area contributed by atoms with Crippen LogP contribution in [-0.4, -0.2) is 27.7 Å². The van der Waals surface area contributed by atoms with Gasteiger partial charge < -0.3 is 4.98 Å². The van der Waals surface area contributed by atoms with Gasteiger partial charge >= 0.3 is 0 Å². The van der Waals surface area contributed by atoms with Crippen LogP contribution in [0.15, 0.2) is 10.9 Å². The predicted octanol–water partition coefficient (Wildman–Crippen LogP) is 0.826. The van der Waals surface area contributed by atoms with Crippen LogP contribution >= 0.6 is 15.9 Å². The SMILES string of the molecule is Cc1nc(N2CC(CBr)CC2=O)cc(=O)[nH]1. The maximum Gasteiger partial charge on any atom is 0.252 e. The summed E-state index contributed by atoms with van der Waals surface area (Å²) in [6.07, 6.45) is 0.513. The number of H-pyrrole nitrogens is 1. The molecule has 1 amide bonds. The number of aromatic amines is 1. The minimum atomic E-state index is -0.224. The van der Waals surface area contributed by atoms with Crippen molar-refractivity contribution in [1.29, 1.82) is 0 Å². The van der Waals surface area contributed by atoms with Crippen LogP contribution in [0, 0.1) is 12.8 Å². The van der Waals surface area contributed by atoms with Gasteiger partial charge in [-0.25, -0.2) is 4.98 Å². The molecule has 1 N–H and O–H groups in total. The molecule has 1 aliphatic heterocycles. The molecule has 0 bridgehead atoms. The number of aryl methyl sites for hydroxylation is 1. The number of alkyl halides is 1. The van der Waals surface area contributed by atoms with E-state index in [-0.39, 0.29) is 11.5 Å². The molecule has 0 aromatic carbocycles. The molecule has 1 fully saturated rings. The van der Waals surface area contributed by atoms with Crippen molar-refractivity contribution in [2.45, 2.75) is 13.3 Å². The van der Waals surface area contributed by atoms with E-state index in [9.17, 15) is 9.59 Å². The van der Waals surface area contributed by atoms with Crippen LogP contribution in [0.2, 0.25) is 0 Å². The highest BCUT2D eigenvalue weighted by Gasteiger charge is 2.30. The van der Waals surface area contributed by atoms with Crippen molar-refractivity contribution >= 4 is 27.7 Å². The third-order valence-electron chi connectivity index (χ3n) is 2.55. The molecular weight excluding hydrogens is 274 g/mol. The molecule has 1 aliphatic rings. The minimum Gasteiger partial charge on any atom is -0.311 e. The highest BCUT2D eigenvalue weighted by atomic mass is 79.9. The van der Waals surface area contributed by atoms with Crippen molar-refractivity contribution in [3.63, 3.8) is 0 Å². The molecule has 1 aromatic rings. The smallest absolute Gasteiger partial charge is 0.252 e. The first kappa shape index (κ1) is 11.3. The van der Waals surface area contributed by atoms with Gasteiger partial charge in [0.1, 0.15) is 11.6 Å².